The van der Waals surface area contributed by atoms with Crippen LogP contribution in [0.15, 0.2) is 30.5 Å². The van der Waals surface area contributed by atoms with E-state index >= 15 is 0 Å². The molecule has 0 bridgehead atoms. The van der Waals surface area contributed by atoms with Gasteiger partial charge in [-0.05, 0) is 17.7 Å². The summed E-state index contributed by atoms with van der Waals surface area (Å²) in [5, 5.41) is 16.9. The van der Waals surface area contributed by atoms with Crippen LogP contribution in [0.1, 0.15) is 0 Å². The molecule has 3 rings (SSSR count). The fourth-order valence-corrected chi connectivity index (χ4v) is 1.80. The van der Waals surface area contributed by atoms with Crippen LogP contribution >= 0.6 is 0 Å². The third kappa shape index (κ3) is 1.61. The highest BCUT2D eigenvalue weighted by Crippen LogP contribution is 2.33. The quantitative estimate of drug-likeness (QED) is 0.637. The zero-order valence-electron chi connectivity index (χ0n) is 9.18. The van der Waals surface area contributed by atoms with E-state index in [0.29, 0.717) is 28.3 Å². The molecule has 0 atom stereocenters. The summed E-state index contributed by atoms with van der Waals surface area (Å²) in [6.45, 7) is 0. The first kappa shape index (κ1) is 10.5. The van der Waals surface area contributed by atoms with E-state index < -0.39 is 0 Å². The molecule has 0 aliphatic rings. The van der Waals surface area contributed by atoms with Crippen LogP contribution in [0.2, 0.25) is 0 Å². The summed E-state index contributed by atoms with van der Waals surface area (Å²) in [5.41, 5.74) is 8.23. The van der Waals surface area contributed by atoms with Crippen LogP contribution < -0.4 is 5.73 Å². The van der Waals surface area contributed by atoms with Crippen LogP contribution in [0.4, 0.5) is 10.2 Å². The molecule has 0 unspecified atom stereocenters. The van der Waals surface area contributed by atoms with Crippen molar-refractivity contribution >= 4 is 5.82 Å². The van der Waals surface area contributed by atoms with E-state index in [0.717, 1.165) is 0 Å². The molecule has 0 radical (unpaired) electrons. The Kier molecular flexibility index (Phi) is 2.30. The first-order chi connectivity index (χ1) is 8.75. The Morgan fingerprint density at radius 1 is 1.22 bits per heavy atom. The van der Waals surface area contributed by atoms with Gasteiger partial charge < -0.3 is 5.73 Å². The van der Waals surface area contributed by atoms with Gasteiger partial charge in [0.2, 0.25) is 0 Å². The molecule has 0 amide bonds. The highest BCUT2D eigenvalue weighted by atomic mass is 19.1. The number of aromatic amines is 2. The van der Waals surface area contributed by atoms with Gasteiger partial charge in [0.25, 0.3) is 0 Å². The molecular formula is C11H9FN6. The van der Waals surface area contributed by atoms with Gasteiger partial charge in [0.05, 0.1) is 17.5 Å². The van der Waals surface area contributed by atoms with E-state index in [1.54, 1.807) is 12.1 Å². The average Bonchev–Trinajstić information content (AvgIpc) is 2.97. The monoisotopic (exact) mass is 244 g/mol. The molecule has 1 aromatic carbocycles. The van der Waals surface area contributed by atoms with E-state index in [9.17, 15) is 4.39 Å². The SMILES string of the molecule is Nc1n[nH]c(-c2cn[nH]n2)c1-c1cccc(F)c1. The molecule has 6 nitrogen and oxygen atoms in total. The number of nitrogen functional groups attached to an aromatic ring is 1. The molecule has 0 aliphatic heterocycles. The summed E-state index contributed by atoms with van der Waals surface area (Å²) in [4.78, 5) is 0. The van der Waals surface area contributed by atoms with Crippen molar-refractivity contribution in [3.8, 4) is 22.5 Å². The lowest BCUT2D eigenvalue weighted by Gasteiger charge is -2.02. The van der Waals surface area contributed by atoms with Gasteiger partial charge in [0, 0.05) is 0 Å². The van der Waals surface area contributed by atoms with Crippen LogP contribution in [0.3, 0.4) is 0 Å². The van der Waals surface area contributed by atoms with Crippen molar-refractivity contribution in [1.82, 2.24) is 25.6 Å². The van der Waals surface area contributed by atoms with Crippen molar-refractivity contribution < 1.29 is 4.39 Å². The number of hydrogen-bond donors (Lipinski definition) is 3. The molecule has 0 saturated heterocycles. The molecule has 0 spiro atoms. The van der Waals surface area contributed by atoms with Gasteiger partial charge in [-0.25, -0.2) is 4.39 Å². The van der Waals surface area contributed by atoms with Crippen molar-refractivity contribution in [1.29, 1.82) is 0 Å². The minimum Gasteiger partial charge on any atom is -0.382 e. The fraction of sp³-hybridized carbons (Fsp3) is 0. The predicted octanol–water partition coefficient (Wildman–Crippen LogP) is 1.58. The maximum atomic E-state index is 13.3. The Morgan fingerprint density at radius 3 is 2.83 bits per heavy atom. The van der Waals surface area contributed by atoms with Crippen molar-refractivity contribution in [2.75, 3.05) is 5.73 Å². The number of nitrogens with zero attached hydrogens (tertiary/aromatic N) is 3. The summed E-state index contributed by atoms with van der Waals surface area (Å²) < 4.78 is 13.3. The smallest absolute Gasteiger partial charge is 0.153 e. The Balaban J connectivity index is 2.20. The first-order valence-corrected chi connectivity index (χ1v) is 5.21. The standard InChI is InChI=1S/C11H9FN6/c12-7-3-1-2-6(4-7)9-10(16-17-11(9)13)8-5-14-18-15-8/h1-5H,(H3,13,16,17)(H,14,15,18). The second kappa shape index (κ2) is 3.95. The summed E-state index contributed by atoms with van der Waals surface area (Å²) in [5.74, 6) is -0.0437. The number of H-pyrrole nitrogens is 2. The third-order valence-electron chi connectivity index (χ3n) is 2.58. The lowest BCUT2D eigenvalue weighted by atomic mass is 10.0. The van der Waals surface area contributed by atoms with Crippen LogP contribution in [0.25, 0.3) is 22.5 Å². The number of anilines is 1. The van der Waals surface area contributed by atoms with Crippen molar-refractivity contribution in [2.24, 2.45) is 0 Å². The van der Waals surface area contributed by atoms with Gasteiger partial charge in [0.15, 0.2) is 5.82 Å². The Labute approximate surface area is 101 Å². The Morgan fingerprint density at radius 2 is 2.11 bits per heavy atom. The molecule has 0 fully saturated rings. The van der Waals surface area contributed by atoms with Gasteiger partial charge in [-0.3, -0.25) is 5.10 Å². The number of hydrogen-bond acceptors (Lipinski definition) is 4. The molecule has 3 aromatic rings. The molecule has 2 heterocycles. The number of nitrogens with one attached hydrogen (secondary N) is 2. The number of benzene rings is 1. The summed E-state index contributed by atoms with van der Waals surface area (Å²) in [6.07, 6.45) is 1.54. The van der Waals surface area contributed by atoms with Crippen molar-refractivity contribution in [2.45, 2.75) is 0 Å². The number of aromatic nitrogens is 5. The lowest BCUT2D eigenvalue weighted by molar-refractivity contribution is 0.628. The molecule has 0 saturated carbocycles. The molecule has 0 aliphatic carbocycles. The largest absolute Gasteiger partial charge is 0.382 e. The highest BCUT2D eigenvalue weighted by molar-refractivity contribution is 5.86. The van der Waals surface area contributed by atoms with Gasteiger partial charge in [0.1, 0.15) is 11.5 Å². The molecule has 18 heavy (non-hydrogen) atoms. The normalized spacial score (nSPS) is 10.7. The predicted molar refractivity (Wildman–Crippen MR) is 63.8 cm³/mol. The van der Waals surface area contributed by atoms with E-state index in [4.69, 9.17) is 5.73 Å². The Hall–Kier alpha value is -2.70. The molecule has 2 aromatic heterocycles. The van der Waals surface area contributed by atoms with E-state index in [1.165, 1.54) is 18.3 Å². The van der Waals surface area contributed by atoms with E-state index in [-0.39, 0.29) is 5.82 Å². The van der Waals surface area contributed by atoms with Gasteiger partial charge in [-0.2, -0.15) is 20.5 Å². The number of nitrogens with two attached hydrogens (primary N) is 1. The summed E-state index contributed by atoms with van der Waals surface area (Å²) in [6, 6.07) is 6.14. The van der Waals surface area contributed by atoms with Crippen LogP contribution in [0.5, 0.6) is 0 Å². The van der Waals surface area contributed by atoms with Gasteiger partial charge in [-0.1, -0.05) is 12.1 Å². The van der Waals surface area contributed by atoms with Crippen LogP contribution in [-0.2, 0) is 0 Å². The maximum absolute atomic E-state index is 13.3. The second-order valence-electron chi connectivity index (χ2n) is 3.72. The molecule has 4 N–H and O–H groups in total. The van der Waals surface area contributed by atoms with E-state index in [1.807, 2.05) is 0 Å². The fourth-order valence-electron chi connectivity index (χ4n) is 1.80. The first-order valence-electron chi connectivity index (χ1n) is 5.21. The lowest BCUT2D eigenvalue weighted by Crippen LogP contribution is -1.89. The maximum Gasteiger partial charge on any atom is 0.153 e. The minimum absolute atomic E-state index is 0.290. The van der Waals surface area contributed by atoms with Crippen LogP contribution in [0, 0.1) is 5.82 Å². The topological polar surface area (TPSA) is 96.3 Å². The van der Waals surface area contributed by atoms with Crippen molar-refractivity contribution in [3.63, 3.8) is 0 Å². The second-order valence-corrected chi connectivity index (χ2v) is 3.72. The van der Waals surface area contributed by atoms with E-state index in [2.05, 4.69) is 25.6 Å². The van der Waals surface area contributed by atoms with Crippen molar-refractivity contribution in [3.05, 3.63) is 36.3 Å². The van der Waals surface area contributed by atoms with Crippen LogP contribution in [-0.4, -0.2) is 25.6 Å². The minimum atomic E-state index is -0.334. The third-order valence-corrected chi connectivity index (χ3v) is 2.58. The summed E-state index contributed by atoms with van der Waals surface area (Å²) >= 11 is 0. The number of rotatable bonds is 2. The molecule has 7 heteroatoms. The Bertz CT molecular complexity index is 673. The highest BCUT2D eigenvalue weighted by Gasteiger charge is 2.16. The van der Waals surface area contributed by atoms with Gasteiger partial charge >= 0.3 is 0 Å². The summed E-state index contributed by atoms with van der Waals surface area (Å²) in [7, 11) is 0. The number of halogens is 1. The zero-order chi connectivity index (χ0) is 12.5. The molecular weight excluding hydrogens is 235 g/mol. The van der Waals surface area contributed by atoms with Gasteiger partial charge in [-0.15, -0.1) is 0 Å². The average molecular weight is 244 g/mol. The molecule has 90 valence electrons. The zero-order valence-corrected chi connectivity index (χ0v) is 9.18.